The summed E-state index contributed by atoms with van der Waals surface area (Å²) in [5, 5.41) is 16.1. The summed E-state index contributed by atoms with van der Waals surface area (Å²) in [7, 11) is -4.95. The quantitative estimate of drug-likeness (QED) is 0.0934. The first-order valence-corrected chi connectivity index (χ1v) is 9.77. The van der Waals surface area contributed by atoms with Crippen molar-refractivity contribution in [2.24, 2.45) is 5.16 Å². The fourth-order valence-corrected chi connectivity index (χ4v) is 3.21. The molecule has 1 fully saturated rings. The molecule has 0 unspecified atom stereocenters. The normalized spacial score (nSPS) is 18.8. The smallest absolute Gasteiger partial charge is 0.385 e. The summed E-state index contributed by atoms with van der Waals surface area (Å²) >= 11 is 0.981. The molecule has 1 saturated heterocycles. The number of rotatable bonds is 8. The van der Waals surface area contributed by atoms with E-state index < -0.39 is 52.0 Å². The Balaban J connectivity index is 2.18. The van der Waals surface area contributed by atoms with Crippen LogP contribution in [0, 0.1) is 0 Å². The Hall–Kier alpha value is -2.86. The van der Waals surface area contributed by atoms with Crippen LogP contribution in [0.2, 0.25) is 0 Å². The number of amides is 3. The van der Waals surface area contributed by atoms with Crippen LogP contribution >= 0.6 is 11.3 Å². The Labute approximate surface area is 167 Å². The van der Waals surface area contributed by atoms with Crippen molar-refractivity contribution in [1.82, 2.24) is 20.8 Å². The van der Waals surface area contributed by atoms with E-state index in [0.29, 0.717) is 5.06 Å². The molecule has 6 N–H and O–H groups in total. The summed E-state index contributed by atoms with van der Waals surface area (Å²) in [5.41, 5.74) is 5.00. The zero-order valence-corrected chi connectivity index (χ0v) is 16.5. The van der Waals surface area contributed by atoms with Crippen molar-refractivity contribution in [2.45, 2.75) is 25.4 Å². The lowest BCUT2D eigenvalue weighted by molar-refractivity contribution is -0.218. The van der Waals surface area contributed by atoms with E-state index in [1.165, 1.54) is 24.7 Å². The maximum absolute atomic E-state index is 12.6. The third-order valence-electron chi connectivity index (χ3n) is 3.58. The van der Waals surface area contributed by atoms with Gasteiger partial charge in [-0.3, -0.25) is 24.1 Å². The monoisotopic (exact) mass is 452 g/mol. The molecule has 1 aliphatic heterocycles. The first-order chi connectivity index (χ1) is 13.4. The van der Waals surface area contributed by atoms with Crippen molar-refractivity contribution >= 4 is 50.3 Å². The zero-order chi connectivity index (χ0) is 22.0. The SMILES string of the molecule is CC1(C)[C@H](NC(=O)/C(=N\OCC(=O)NO)c2csc(N)n2)C(=O)N1OS(=O)(=O)O. The van der Waals surface area contributed by atoms with E-state index in [4.69, 9.17) is 15.5 Å². The highest BCUT2D eigenvalue weighted by atomic mass is 32.3. The molecule has 29 heavy (non-hydrogen) atoms. The Morgan fingerprint density at radius 2 is 2.14 bits per heavy atom. The van der Waals surface area contributed by atoms with E-state index in [-0.39, 0.29) is 10.8 Å². The summed E-state index contributed by atoms with van der Waals surface area (Å²) < 4.78 is 34.6. The van der Waals surface area contributed by atoms with E-state index in [2.05, 4.69) is 24.6 Å². The fourth-order valence-electron chi connectivity index (χ4n) is 2.21. The van der Waals surface area contributed by atoms with Gasteiger partial charge in [-0.2, -0.15) is 13.5 Å². The summed E-state index contributed by atoms with van der Waals surface area (Å²) in [6, 6.07) is -1.25. The number of β-lactam (4-membered cyclic amide) rings is 1. The zero-order valence-electron chi connectivity index (χ0n) is 14.8. The molecule has 1 aromatic heterocycles. The first kappa shape index (κ1) is 22.4. The number of carbonyl (C=O) groups excluding carboxylic acids is 3. The molecule has 1 aromatic rings. The molecule has 1 atom stereocenters. The van der Waals surface area contributed by atoms with Crippen molar-refractivity contribution in [3.63, 3.8) is 0 Å². The molecule has 0 aliphatic carbocycles. The molecule has 160 valence electrons. The average Bonchev–Trinajstić information content (AvgIpc) is 3.05. The summed E-state index contributed by atoms with van der Waals surface area (Å²) in [4.78, 5) is 44.3. The van der Waals surface area contributed by atoms with Crippen LogP contribution in [0.25, 0.3) is 0 Å². The largest absolute Gasteiger partial charge is 0.418 e. The molecule has 1 aliphatic rings. The third-order valence-corrected chi connectivity index (χ3v) is 4.59. The van der Waals surface area contributed by atoms with Gasteiger partial charge in [0, 0.05) is 5.38 Å². The van der Waals surface area contributed by atoms with Crippen LogP contribution in [0.1, 0.15) is 19.5 Å². The number of thiazole rings is 1. The average molecular weight is 452 g/mol. The number of nitrogens with zero attached hydrogens (tertiary/aromatic N) is 3. The third kappa shape index (κ3) is 5.15. The topological polar surface area (TPSA) is 223 Å². The van der Waals surface area contributed by atoms with Gasteiger partial charge in [0.25, 0.3) is 17.7 Å². The minimum atomic E-state index is -4.95. The predicted octanol–water partition coefficient (Wildman–Crippen LogP) is -2.21. The number of nitrogen functional groups attached to an aromatic ring is 1. The maximum atomic E-state index is 12.6. The molecule has 0 aromatic carbocycles. The Bertz CT molecular complexity index is 957. The molecule has 0 spiro atoms. The van der Waals surface area contributed by atoms with Crippen LogP contribution in [-0.4, -0.2) is 69.8 Å². The Kier molecular flexibility index (Phi) is 6.38. The van der Waals surface area contributed by atoms with Crippen LogP contribution in [-0.2, 0) is 33.9 Å². The highest BCUT2D eigenvalue weighted by Gasteiger charge is 2.58. The van der Waals surface area contributed by atoms with Crippen LogP contribution < -0.4 is 16.5 Å². The number of nitrogens with one attached hydrogen (secondary N) is 2. The van der Waals surface area contributed by atoms with E-state index in [0.717, 1.165) is 11.3 Å². The minimum Gasteiger partial charge on any atom is -0.385 e. The molecule has 15 nitrogen and oxygen atoms in total. The molecule has 2 rings (SSSR count). The van der Waals surface area contributed by atoms with Crippen molar-refractivity contribution in [2.75, 3.05) is 12.3 Å². The van der Waals surface area contributed by atoms with Gasteiger partial charge >= 0.3 is 10.4 Å². The molecular formula is C12H16N6O9S2. The number of anilines is 1. The van der Waals surface area contributed by atoms with E-state index in [1.54, 1.807) is 0 Å². The van der Waals surface area contributed by atoms with Crippen LogP contribution in [0.4, 0.5) is 5.13 Å². The second kappa shape index (κ2) is 8.25. The number of nitrogens with two attached hydrogens (primary N) is 1. The van der Waals surface area contributed by atoms with Crippen molar-refractivity contribution in [3.05, 3.63) is 11.1 Å². The van der Waals surface area contributed by atoms with Crippen molar-refractivity contribution in [3.8, 4) is 0 Å². The summed E-state index contributed by atoms with van der Waals surface area (Å²) in [6.45, 7) is 2.01. The fraction of sp³-hybridized carbons (Fsp3) is 0.417. The lowest BCUT2D eigenvalue weighted by Crippen LogP contribution is -2.76. The van der Waals surface area contributed by atoms with Crippen molar-refractivity contribution < 1.29 is 41.7 Å². The molecule has 0 bridgehead atoms. The number of carbonyl (C=O) groups is 3. The lowest BCUT2D eigenvalue weighted by Gasteiger charge is -2.50. The Morgan fingerprint density at radius 1 is 1.48 bits per heavy atom. The maximum Gasteiger partial charge on any atom is 0.418 e. The number of hydrogen-bond acceptors (Lipinski definition) is 12. The van der Waals surface area contributed by atoms with Gasteiger partial charge < -0.3 is 15.9 Å². The molecule has 0 saturated carbocycles. The molecule has 2 heterocycles. The number of hydroxylamine groups is 3. The first-order valence-electron chi connectivity index (χ1n) is 7.53. The standard InChI is InChI=1S/C12H16N6O9S2/c1-12(2)8(10(21)18(12)27-29(23,24)25)15-9(20)7(5-4-28-11(13)14-5)17-26-3-6(19)16-22/h4,8,22H,3H2,1-2H3,(H2,13,14)(H,15,20)(H,16,19)(H,23,24,25)/b17-7-/t8-/m1/s1. The highest BCUT2D eigenvalue weighted by Crippen LogP contribution is 2.32. The van der Waals surface area contributed by atoms with Crippen LogP contribution in [0.5, 0.6) is 0 Å². The van der Waals surface area contributed by atoms with Gasteiger partial charge in [0.05, 0.1) is 5.54 Å². The number of aromatic nitrogens is 1. The van der Waals surface area contributed by atoms with Gasteiger partial charge in [-0.15, -0.1) is 15.6 Å². The molecular weight excluding hydrogens is 436 g/mol. The van der Waals surface area contributed by atoms with Crippen LogP contribution in [0.15, 0.2) is 10.5 Å². The molecule has 3 amide bonds. The minimum absolute atomic E-state index is 0.0231. The van der Waals surface area contributed by atoms with Crippen molar-refractivity contribution in [1.29, 1.82) is 0 Å². The highest BCUT2D eigenvalue weighted by molar-refractivity contribution is 7.80. The van der Waals surface area contributed by atoms with Gasteiger partial charge in [-0.25, -0.2) is 10.5 Å². The molecule has 17 heteroatoms. The summed E-state index contributed by atoms with van der Waals surface area (Å²) in [6.07, 6.45) is 0. The van der Waals surface area contributed by atoms with E-state index in [9.17, 15) is 22.8 Å². The van der Waals surface area contributed by atoms with Gasteiger partial charge in [0.1, 0.15) is 11.7 Å². The number of hydrogen-bond donors (Lipinski definition) is 5. The summed E-state index contributed by atoms with van der Waals surface area (Å²) in [5.74, 6) is -2.86. The second-order valence-electron chi connectivity index (χ2n) is 6.01. The van der Waals surface area contributed by atoms with Gasteiger partial charge in [-0.05, 0) is 13.8 Å². The van der Waals surface area contributed by atoms with E-state index >= 15 is 0 Å². The number of oxime groups is 1. The molecule has 0 radical (unpaired) electrons. The Morgan fingerprint density at radius 3 is 2.62 bits per heavy atom. The van der Waals surface area contributed by atoms with Gasteiger partial charge in [-0.1, -0.05) is 5.16 Å². The van der Waals surface area contributed by atoms with Gasteiger partial charge in [0.15, 0.2) is 17.5 Å². The second-order valence-corrected chi connectivity index (χ2v) is 7.91. The van der Waals surface area contributed by atoms with Crippen LogP contribution in [0.3, 0.4) is 0 Å². The predicted molar refractivity (Wildman–Crippen MR) is 94.4 cm³/mol. The van der Waals surface area contributed by atoms with E-state index in [1.807, 2.05) is 0 Å². The van der Waals surface area contributed by atoms with Gasteiger partial charge in [0.2, 0.25) is 0 Å². The lowest BCUT2D eigenvalue weighted by atomic mass is 9.84.